The zero-order valence-electron chi connectivity index (χ0n) is 18.1. The Morgan fingerprint density at radius 3 is 2.31 bits per heavy atom. The van der Waals surface area contributed by atoms with Crippen LogP contribution in [0.2, 0.25) is 0 Å². The lowest BCUT2D eigenvalue weighted by molar-refractivity contribution is -0.138. The third-order valence-electron chi connectivity index (χ3n) is 5.81. The van der Waals surface area contributed by atoms with Crippen LogP contribution in [-0.4, -0.2) is 25.5 Å². The summed E-state index contributed by atoms with van der Waals surface area (Å²) in [6, 6.07) is 28.3. The minimum Gasteiger partial charge on any atom is -0.481 e. The van der Waals surface area contributed by atoms with Gasteiger partial charge in [-0.15, -0.1) is 0 Å². The molecule has 0 spiro atoms. The second-order valence-corrected chi connectivity index (χ2v) is 7.92. The van der Waals surface area contributed by atoms with Gasteiger partial charge in [0.05, 0.1) is 12.7 Å². The highest BCUT2D eigenvalue weighted by atomic mass is 16.4. The van der Waals surface area contributed by atoms with Crippen LogP contribution in [-0.2, 0) is 11.3 Å². The molecule has 3 aromatic carbocycles. The van der Waals surface area contributed by atoms with Gasteiger partial charge in [-0.25, -0.2) is 4.98 Å². The number of aliphatic carboxylic acids is 1. The first-order chi connectivity index (χ1) is 15.6. The van der Waals surface area contributed by atoms with Gasteiger partial charge in [0.2, 0.25) is 0 Å². The maximum atomic E-state index is 12.0. The van der Waals surface area contributed by atoms with Gasteiger partial charge in [0.15, 0.2) is 0 Å². The second kappa shape index (κ2) is 10.1. The van der Waals surface area contributed by atoms with E-state index in [-0.39, 0.29) is 18.5 Å². The van der Waals surface area contributed by atoms with E-state index in [4.69, 9.17) is 0 Å². The van der Waals surface area contributed by atoms with Gasteiger partial charge in [-0.2, -0.15) is 0 Å². The van der Waals surface area contributed by atoms with Crippen LogP contribution in [0.25, 0.3) is 5.69 Å². The summed E-state index contributed by atoms with van der Waals surface area (Å²) in [5.41, 5.74) is 4.24. The van der Waals surface area contributed by atoms with Crippen LogP contribution in [0.5, 0.6) is 0 Å². The Morgan fingerprint density at radius 2 is 1.66 bits per heavy atom. The summed E-state index contributed by atoms with van der Waals surface area (Å²) in [4.78, 5) is 18.4. The summed E-state index contributed by atoms with van der Waals surface area (Å²) >= 11 is 0. The molecule has 2 unspecified atom stereocenters. The molecule has 5 heteroatoms. The molecule has 0 aliphatic carbocycles. The number of carboxylic acids is 1. The van der Waals surface area contributed by atoms with Crippen LogP contribution in [0.15, 0.2) is 104 Å². The zero-order valence-corrected chi connectivity index (χ0v) is 18.1. The van der Waals surface area contributed by atoms with Crippen molar-refractivity contribution in [3.63, 3.8) is 0 Å². The molecule has 4 aromatic rings. The highest BCUT2D eigenvalue weighted by Gasteiger charge is 2.28. The molecule has 0 aliphatic rings. The van der Waals surface area contributed by atoms with Crippen molar-refractivity contribution in [3.05, 3.63) is 120 Å². The number of benzene rings is 3. The number of aromatic nitrogens is 2. The summed E-state index contributed by atoms with van der Waals surface area (Å²) in [6.07, 6.45) is 5.39. The van der Waals surface area contributed by atoms with E-state index in [1.54, 1.807) is 12.5 Å². The Kier molecular flexibility index (Phi) is 6.78. The van der Waals surface area contributed by atoms with Crippen LogP contribution in [0, 0.1) is 0 Å². The molecule has 2 atom stereocenters. The summed E-state index contributed by atoms with van der Waals surface area (Å²) in [6.45, 7) is 2.79. The molecule has 5 nitrogen and oxygen atoms in total. The fourth-order valence-corrected chi connectivity index (χ4v) is 4.13. The molecule has 1 N–H and O–H groups in total. The van der Waals surface area contributed by atoms with Gasteiger partial charge in [-0.3, -0.25) is 9.69 Å². The van der Waals surface area contributed by atoms with E-state index in [2.05, 4.69) is 47.1 Å². The van der Waals surface area contributed by atoms with Gasteiger partial charge in [-0.1, -0.05) is 72.8 Å². The quantitative estimate of drug-likeness (QED) is 0.376. The molecule has 0 radical (unpaired) electrons. The maximum absolute atomic E-state index is 12.0. The largest absolute Gasteiger partial charge is 0.481 e. The van der Waals surface area contributed by atoms with Crippen molar-refractivity contribution in [2.45, 2.75) is 32.0 Å². The number of carboxylic acid groups (broad SMARTS) is 1. The number of imidazole rings is 1. The Hall–Kier alpha value is -3.70. The maximum Gasteiger partial charge on any atom is 0.305 e. The second-order valence-electron chi connectivity index (χ2n) is 7.92. The van der Waals surface area contributed by atoms with E-state index in [1.807, 2.05) is 65.4 Å². The monoisotopic (exact) mass is 425 g/mol. The van der Waals surface area contributed by atoms with E-state index >= 15 is 0 Å². The molecule has 32 heavy (non-hydrogen) atoms. The smallest absolute Gasteiger partial charge is 0.305 e. The van der Waals surface area contributed by atoms with Gasteiger partial charge in [0.25, 0.3) is 0 Å². The highest BCUT2D eigenvalue weighted by Crippen LogP contribution is 2.35. The minimum atomic E-state index is -0.818. The first-order valence-electron chi connectivity index (χ1n) is 10.8. The standard InChI is InChI=1S/C27H27N3O2/c1-21(23-11-6-3-7-12-23)30(19-22-9-4-2-5-10-22)26(18-27(31)32)24-13-8-14-25(17-24)29-16-15-28-20-29/h2-17,20-21,26H,18-19H2,1H3,(H,31,32). The lowest BCUT2D eigenvalue weighted by atomic mass is 9.96. The minimum absolute atomic E-state index is 0.0113. The van der Waals surface area contributed by atoms with Crippen LogP contribution in [0.1, 0.15) is 42.1 Å². The van der Waals surface area contributed by atoms with Crippen molar-refractivity contribution in [2.24, 2.45) is 0 Å². The molecule has 0 bridgehead atoms. The number of carbonyl (C=O) groups is 1. The Bertz CT molecular complexity index is 1130. The van der Waals surface area contributed by atoms with Crippen molar-refractivity contribution >= 4 is 5.97 Å². The van der Waals surface area contributed by atoms with Gasteiger partial charge < -0.3 is 9.67 Å². The van der Waals surface area contributed by atoms with E-state index in [0.29, 0.717) is 6.54 Å². The van der Waals surface area contributed by atoms with Crippen molar-refractivity contribution < 1.29 is 9.90 Å². The molecule has 4 rings (SSSR count). The lowest BCUT2D eigenvalue weighted by Crippen LogP contribution is -2.32. The van der Waals surface area contributed by atoms with Crippen molar-refractivity contribution in [2.75, 3.05) is 0 Å². The number of nitrogens with zero attached hydrogens (tertiary/aromatic N) is 3. The first-order valence-corrected chi connectivity index (χ1v) is 10.8. The predicted molar refractivity (Wildman–Crippen MR) is 125 cm³/mol. The average Bonchev–Trinajstić information content (AvgIpc) is 3.37. The Morgan fingerprint density at radius 1 is 0.969 bits per heavy atom. The van der Waals surface area contributed by atoms with Crippen molar-refractivity contribution in [3.8, 4) is 5.69 Å². The third-order valence-corrected chi connectivity index (χ3v) is 5.81. The van der Waals surface area contributed by atoms with Crippen LogP contribution < -0.4 is 0 Å². The summed E-state index contributed by atoms with van der Waals surface area (Å²) < 4.78 is 1.93. The number of rotatable bonds is 9. The molecule has 0 saturated heterocycles. The number of hydrogen-bond donors (Lipinski definition) is 1. The van der Waals surface area contributed by atoms with E-state index in [0.717, 1.165) is 22.4 Å². The Labute approximate surface area is 188 Å². The third kappa shape index (κ3) is 5.13. The SMILES string of the molecule is CC(c1ccccc1)N(Cc1ccccc1)C(CC(=O)O)c1cccc(-n2ccnc2)c1. The summed E-state index contributed by atoms with van der Waals surface area (Å²) in [5, 5.41) is 9.82. The molecule has 1 aromatic heterocycles. The topological polar surface area (TPSA) is 58.4 Å². The van der Waals surface area contributed by atoms with E-state index < -0.39 is 5.97 Å². The first kappa shape index (κ1) is 21.5. The van der Waals surface area contributed by atoms with Gasteiger partial charge in [0.1, 0.15) is 0 Å². The molecule has 0 aliphatic heterocycles. The van der Waals surface area contributed by atoms with E-state index in [9.17, 15) is 9.90 Å². The molecule has 162 valence electrons. The molecule has 0 saturated carbocycles. The summed E-state index contributed by atoms with van der Waals surface area (Å²) in [7, 11) is 0. The summed E-state index contributed by atoms with van der Waals surface area (Å²) in [5.74, 6) is -0.818. The van der Waals surface area contributed by atoms with Crippen LogP contribution in [0.3, 0.4) is 0 Å². The lowest BCUT2D eigenvalue weighted by Gasteiger charge is -2.37. The fourth-order valence-electron chi connectivity index (χ4n) is 4.13. The van der Waals surface area contributed by atoms with Gasteiger partial charge >= 0.3 is 5.97 Å². The highest BCUT2D eigenvalue weighted by molar-refractivity contribution is 5.68. The van der Waals surface area contributed by atoms with Crippen LogP contribution >= 0.6 is 0 Å². The average molecular weight is 426 g/mol. The molecule has 1 heterocycles. The Balaban J connectivity index is 1.77. The fraction of sp³-hybridized carbons (Fsp3) is 0.185. The normalized spacial score (nSPS) is 13.1. The van der Waals surface area contributed by atoms with Gasteiger partial charge in [0, 0.05) is 36.7 Å². The van der Waals surface area contributed by atoms with Crippen molar-refractivity contribution in [1.82, 2.24) is 14.5 Å². The van der Waals surface area contributed by atoms with Crippen molar-refractivity contribution in [1.29, 1.82) is 0 Å². The van der Waals surface area contributed by atoms with Gasteiger partial charge in [-0.05, 0) is 35.7 Å². The molecule has 0 amide bonds. The molecular formula is C27H27N3O2. The number of hydrogen-bond acceptors (Lipinski definition) is 3. The molecule has 0 fully saturated rings. The van der Waals surface area contributed by atoms with Crippen LogP contribution in [0.4, 0.5) is 0 Å². The zero-order chi connectivity index (χ0) is 22.3. The van der Waals surface area contributed by atoms with E-state index in [1.165, 1.54) is 0 Å². The predicted octanol–water partition coefficient (Wildman–Crippen LogP) is 5.65. The molecular weight excluding hydrogens is 398 g/mol.